The van der Waals surface area contributed by atoms with Gasteiger partial charge in [0.05, 0.1) is 22.8 Å². The average molecular weight is 455 g/mol. The SMILES string of the molecule is Fc1cc(CCOc2ccc(C(F)(F)F)c(Cl)c2)ccc1-c1noc(C(F)(F)F)n1. The van der Waals surface area contributed by atoms with Crippen molar-refractivity contribution in [3.63, 3.8) is 0 Å². The highest BCUT2D eigenvalue weighted by molar-refractivity contribution is 6.31. The van der Waals surface area contributed by atoms with Crippen LogP contribution < -0.4 is 4.74 Å². The minimum absolute atomic E-state index is 0.0130. The molecule has 0 atom stereocenters. The van der Waals surface area contributed by atoms with Crippen LogP contribution in [0.15, 0.2) is 40.9 Å². The summed E-state index contributed by atoms with van der Waals surface area (Å²) in [5.74, 6) is -2.93. The Bertz CT molecular complexity index is 1050. The van der Waals surface area contributed by atoms with Crippen molar-refractivity contribution in [1.29, 1.82) is 0 Å². The molecule has 0 saturated heterocycles. The molecule has 0 bridgehead atoms. The third-order valence-electron chi connectivity index (χ3n) is 3.85. The number of halogens is 8. The lowest BCUT2D eigenvalue weighted by Gasteiger charge is -2.11. The lowest BCUT2D eigenvalue weighted by molar-refractivity contribution is -0.159. The quantitative estimate of drug-likeness (QED) is 0.431. The number of rotatable bonds is 5. The molecule has 1 heterocycles. The van der Waals surface area contributed by atoms with Crippen molar-refractivity contribution in [2.24, 2.45) is 0 Å². The van der Waals surface area contributed by atoms with Crippen LogP contribution in [0.3, 0.4) is 0 Å². The summed E-state index contributed by atoms with van der Waals surface area (Å²) in [6.07, 6.45) is -9.27. The van der Waals surface area contributed by atoms with Gasteiger partial charge in [-0.15, -0.1) is 0 Å². The molecular formula is C18H10ClF7N2O2. The number of hydrogen-bond donors (Lipinski definition) is 0. The Labute approximate surface area is 169 Å². The number of hydrogen-bond acceptors (Lipinski definition) is 4. The fourth-order valence-electron chi connectivity index (χ4n) is 2.45. The maximum atomic E-state index is 14.2. The molecule has 160 valence electrons. The van der Waals surface area contributed by atoms with E-state index in [0.29, 0.717) is 5.56 Å². The Kier molecular flexibility index (Phi) is 5.93. The molecule has 0 aliphatic carbocycles. The van der Waals surface area contributed by atoms with E-state index in [1.807, 2.05) is 0 Å². The average Bonchev–Trinajstić information content (AvgIpc) is 3.11. The summed E-state index contributed by atoms with van der Waals surface area (Å²) in [5.41, 5.74) is -0.855. The third kappa shape index (κ3) is 5.02. The van der Waals surface area contributed by atoms with Crippen LogP contribution in [0.4, 0.5) is 30.7 Å². The van der Waals surface area contributed by atoms with Crippen molar-refractivity contribution in [1.82, 2.24) is 10.1 Å². The van der Waals surface area contributed by atoms with Gasteiger partial charge in [0.15, 0.2) is 0 Å². The summed E-state index contributed by atoms with van der Waals surface area (Å²) in [4.78, 5) is 3.12. The van der Waals surface area contributed by atoms with E-state index in [4.69, 9.17) is 16.3 Å². The van der Waals surface area contributed by atoms with Crippen molar-refractivity contribution in [2.45, 2.75) is 18.8 Å². The Hall–Kier alpha value is -2.82. The minimum atomic E-state index is -4.85. The molecule has 0 N–H and O–H groups in total. The van der Waals surface area contributed by atoms with Gasteiger partial charge in [0, 0.05) is 6.42 Å². The molecule has 4 nitrogen and oxygen atoms in total. The van der Waals surface area contributed by atoms with Gasteiger partial charge in [-0.25, -0.2) is 4.39 Å². The van der Waals surface area contributed by atoms with Gasteiger partial charge >= 0.3 is 18.2 Å². The zero-order valence-corrected chi connectivity index (χ0v) is 15.4. The lowest BCUT2D eigenvalue weighted by Crippen LogP contribution is -2.07. The van der Waals surface area contributed by atoms with Gasteiger partial charge in [-0.2, -0.15) is 31.3 Å². The van der Waals surface area contributed by atoms with Crippen LogP contribution in [-0.4, -0.2) is 16.7 Å². The van der Waals surface area contributed by atoms with Gasteiger partial charge in [0.2, 0.25) is 5.82 Å². The first kappa shape index (κ1) is 21.9. The molecule has 0 radical (unpaired) electrons. The van der Waals surface area contributed by atoms with E-state index >= 15 is 0 Å². The van der Waals surface area contributed by atoms with Crippen molar-refractivity contribution in [2.75, 3.05) is 6.61 Å². The Morgan fingerprint density at radius 1 is 0.967 bits per heavy atom. The molecule has 2 aromatic carbocycles. The topological polar surface area (TPSA) is 48.2 Å². The summed E-state index contributed by atoms with van der Waals surface area (Å²) >= 11 is 5.60. The number of alkyl halides is 6. The smallest absolute Gasteiger partial charge is 0.471 e. The van der Waals surface area contributed by atoms with E-state index in [1.165, 1.54) is 12.1 Å². The third-order valence-corrected chi connectivity index (χ3v) is 4.16. The summed E-state index contributed by atoms with van der Waals surface area (Å²) in [6.45, 7) is -0.0130. The number of ether oxygens (including phenoxy) is 1. The van der Waals surface area contributed by atoms with E-state index < -0.39 is 40.5 Å². The van der Waals surface area contributed by atoms with Crippen LogP contribution in [0.5, 0.6) is 5.75 Å². The minimum Gasteiger partial charge on any atom is -0.493 e. The first-order valence-corrected chi connectivity index (χ1v) is 8.52. The number of aromatic nitrogens is 2. The lowest BCUT2D eigenvalue weighted by atomic mass is 10.1. The predicted octanol–water partition coefficient (Wildman–Crippen LogP) is 6.19. The van der Waals surface area contributed by atoms with Crippen molar-refractivity contribution >= 4 is 11.6 Å². The molecule has 0 amide bonds. The zero-order chi connectivity index (χ0) is 22.1. The number of nitrogens with zero attached hydrogens (tertiary/aromatic N) is 2. The molecule has 0 unspecified atom stereocenters. The van der Waals surface area contributed by atoms with E-state index in [2.05, 4.69) is 14.7 Å². The Morgan fingerprint density at radius 2 is 1.70 bits per heavy atom. The summed E-state index contributed by atoms with van der Waals surface area (Å²) in [6, 6.07) is 6.57. The van der Waals surface area contributed by atoms with E-state index in [0.717, 1.165) is 24.3 Å². The van der Waals surface area contributed by atoms with Crippen LogP contribution in [-0.2, 0) is 18.8 Å². The summed E-state index contributed by atoms with van der Waals surface area (Å²) < 4.78 is 99.1. The normalized spacial score (nSPS) is 12.3. The van der Waals surface area contributed by atoms with E-state index in [-0.39, 0.29) is 24.3 Å². The number of benzene rings is 2. The molecule has 0 aliphatic heterocycles. The maximum Gasteiger partial charge on any atom is 0.471 e. The molecular weight excluding hydrogens is 445 g/mol. The molecule has 0 fully saturated rings. The molecule has 0 saturated carbocycles. The van der Waals surface area contributed by atoms with E-state index in [9.17, 15) is 30.7 Å². The largest absolute Gasteiger partial charge is 0.493 e. The van der Waals surface area contributed by atoms with Crippen LogP contribution in [0.25, 0.3) is 11.4 Å². The molecule has 3 rings (SSSR count). The second-order valence-corrected chi connectivity index (χ2v) is 6.38. The molecule has 0 aliphatic rings. The highest BCUT2D eigenvalue weighted by atomic mass is 35.5. The molecule has 0 spiro atoms. The van der Waals surface area contributed by atoms with Gasteiger partial charge < -0.3 is 9.26 Å². The van der Waals surface area contributed by atoms with Gasteiger partial charge in [0.25, 0.3) is 0 Å². The monoisotopic (exact) mass is 454 g/mol. The van der Waals surface area contributed by atoms with Gasteiger partial charge in [-0.05, 0) is 35.9 Å². The second-order valence-electron chi connectivity index (χ2n) is 5.97. The second kappa shape index (κ2) is 8.13. The highest BCUT2D eigenvalue weighted by Crippen LogP contribution is 2.36. The zero-order valence-electron chi connectivity index (χ0n) is 14.6. The van der Waals surface area contributed by atoms with Crippen molar-refractivity contribution in [3.05, 3.63) is 64.3 Å². The fourth-order valence-corrected chi connectivity index (χ4v) is 2.72. The molecule has 30 heavy (non-hydrogen) atoms. The van der Waals surface area contributed by atoms with Gasteiger partial charge in [-0.3, -0.25) is 0 Å². The van der Waals surface area contributed by atoms with Crippen molar-refractivity contribution < 1.29 is 40.0 Å². The Balaban J connectivity index is 1.64. The van der Waals surface area contributed by atoms with Crippen LogP contribution in [0.2, 0.25) is 5.02 Å². The fraction of sp³-hybridized carbons (Fsp3) is 0.222. The Morgan fingerprint density at radius 3 is 2.27 bits per heavy atom. The summed E-state index contributed by atoms with van der Waals surface area (Å²) in [5, 5.41) is 2.59. The first-order chi connectivity index (χ1) is 13.9. The van der Waals surface area contributed by atoms with E-state index in [1.54, 1.807) is 0 Å². The van der Waals surface area contributed by atoms with Crippen LogP contribution in [0, 0.1) is 5.82 Å². The molecule has 3 aromatic rings. The van der Waals surface area contributed by atoms with Gasteiger partial charge in [-0.1, -0.05) is 22.8 Å². The molecule has 1 aromatic heterocycles. The molecule has 12 heteroatoms. The van der Waals surface area contributed by atoms with Crippen LogP contribution in [0.1, 0.15) is 17.0 Å². The predicted molar refractivity (Wildman–Crippen MR) is 90.3 cm³/mol. The highest BCUT2D eigenvalue weighted by Gasteiger charge is 2.38. The van der Waals surface area contributed by atoms with Gasteiger partial charge in [0.1, 0.15) is 11.6 Å². The first-order valence-electron chi connectivity index (χ1n) is 8.14. The standard InChI is InChI=1S/C18H10ClF7N2O2/c19-13-8-10(2-4-12(13)17(21,22)23)29-6-5-9-1-3-11(14(20)7-9)15-27-16(30-28-15)18(24,25)26/h1-4,7-8H,5-6H2. The van der Waals surface area contributed by atoms with Crippen LogP contribution >= 0.6 is 11.6 Å². The summed E-state index contributed by atoms with van der Waals surface area (Å²) in [7, 11) is 0. The maximum absolute atomic E-state index is 14.2. The van der Waals surface area contributed by atoms with Crippen molar-refractivity contribution in [3.8, 4) is 17.1 Å².